The van der Waals surface area contributed by atoms with E-state index in [2.05, 4.69) is 4.08 Å². The van der Waals surface area contributed by atoms with E-state index in [1.165, 1.54) is 5.30 Å². The van der Waals surface area contributed by atoms with Gasteiger partial charge >= 0.3 is 0 Å². The Hall–Kier alpha value is -0.100. The number of rotatable bonds is 2. The lowest BCUT2D eigenvalue weighted by molar-refractivity contribution is 0.719. The van der Waals surface area contributed by atoms with Gasteiger partial charge in [-0.05, 0) is 12.1 Å². The van der Waals surface area contributed by atoms with E-state index in [1.807, 2.05) is 30.3 Å². The second-order valence-corrected chi connectivity index (χ2v) is 3.23. The molecule has 1 rings (SSSR count). The van der Waals surface area contributed by atoms with Crippen molar-refractivity contribution in [3.8, 4) is 0 Å². The predicted molar refractivity (Wildman–Crippen MR) is 42.7 cm³/mol. The molecule has 0 amide bonds. The van der Waals surface area contributed by atoms with Gasteiger partial charge in [0, 0.05) is 0 Å². The summed E-state index contributed by atoms with van der Waals surface area (Å²) >= 11 is 5.07. The minimum absolute atomic E-state index is 0.192. The number of benzene rings is 1. The smallest absolute Gasteiger partial charge is 0.130 e. The van der Waals surface area contributed by atoms with E-state index in [9.17, 15) is 0 Å². The van der Waals surface area contributed by atoms with Crippen LogP contribution in [0.4, 0.5) is 0 Å². The molecule has 48 valence electrons. The topological polar surface area (TPSA) is 9.23 Å². The van der Waals surface area contributed by atoms with E-state index < -0.39 is 0 Å². The van der Waals surface area contributed by atoms with Crippen molar-refractivity contribution in [3.63, 3.8) is 0 Å². The zero-order chi connectivity index (χ0) is 6.53. The van der Waals surface area contributed by atoms with Crippen LogP contribution in [0.3, 0.4) is 0 Å². The lowest BCUT2D eigenvalue weighted by Gasteiger charge is -1.84. The molecule has 1 unspecified atom stereocenters. The van der Waals surface area contributed by atoms with E-state index >= 15 is 0 Å². The van der Waals surface area contributed by atoms with Crippen LogP contribution < -0.4 is 5.30 Å². The molecule has 0 spiro atoms. The van der Waals surface area contributed by atoms with E-state index in [1.54, 1.807) is 0 Å². The van der Waals surface area contributed by atoms with Gasteiger partial charge in [0.15, 0.2) is 8.81 Å². The number of halogens is 1. The van der Waals surface area contributed by atoms with E-state index in [0.717, 1.165) is 0 Å². The Labute approximate surface area is 61.0 Å². The van der Waals surface area contributed by atoms with Gasteiger partial charge in [-0.2, -0.15) is 0 Å². The maximum Gasteiger partial charge on any atom is 0.177 e. The Balaban J connectivity index is 2.61. The monoisotopic (exact) mass is 161 g/mol. The molecule has 1 nitrogen and oxygen atoms in total. The Kier molecular flexibility index (Phi) is 2.99. The van der Waals surface area contributed by atoms with Crippen LogP contribution in [0.25, 0.3) is 0 Å². The maximum atomic E-state index is 5.07. The molecule has 0 heterocycles. The molecular formula is C6H7ClOP+. The van der Waals surface area contributed by atoms with E-state index in [-0.39, 0.29) is 8.81 Å². The molecule has 0 aliphatic rings. The zero-order valence-corrected chi connectivity index (χ0v) is 6.66. The lowest BCUT2D eigenvalue weighted by atomic mass is 10.4. The van der Waals surface area contributed by atoms with Crippen LogP contribution in [-0.4, -0.2) is 0 Å². The van der Waals surface area contributed by atoms with Crippen LogP contribution in [0.1, 0.15) is 0 Å². The van der Waals surface area contributed by atoms with Gasteiger partial charge in [-0.15, -0.1) is 4.08 Å². The summed E-state index contributed by atoms with van der Waals surface area (Å²) in [7, 11) is -0.192. The molecule has 0 bridgehead atoms. The molecule has 0 aliphatic heterocycles. The first-order valence-electron chi connectivity index (χ1n) is 2.59. The average molecular weight is 162 g/mol. The third-order valence-corrected chi connectivity index (χ3v) is 1.99. The van der Waals surface area contributed by atoms with Crippen LogP contribution in [0.5, 0.6) is 0 Å². The highest BCUT2D eigenvalue weighted by Gasteiger charge is 1.94. The van der Waals surface area contributed by atoms with Gasteiger partial charge < -0.3 is 0 Å². The van der Waals surface area contributed by atoms with Gasteiger partial charge in [0.25, 0.3) is 0 Å². The summed E-state index contributed by atoms with van der Waals surface area (Å²) in [5, 5.41) is 1.17. The molecule has 1 aromatic rings. The summed E-state index contributed by atoms with van der Waals surface area (Å²) in [5.74, 6) is 0. The van der Waals surface area contributed by atoms with Crippen LogP contribution in [0, 0.1) is 0 Å². The summed E-state index contributed by atoms with van der Waals surface area (Å²) in [6.07, 6.45) is 0. The number of hydrogen-bond donors (Lipinski definition) is 0. The second-order valence-electron chi connectivity index (χ2n) is 1.62. The van der Waals surface area contributed by atoms with Crippen molar-refractivity contribution in [2.45, 2.75) is 0 Å². The van der Waals surface area contributed by atoms with Crippen molar-refractivity contribution < 1.29 is 4.08 Å². The van der Waals surface area contributed by atoms with E-state index in [0.29, 0.717) is 0 Å². The highest BCUT2D eigenvalue weighted by atomic mass is 35.5. The minimum Gasteiger partial charge on any atom is -0.130 e. The first kappa shape index (κ1) is 7.01. The normalized spacial score (nSPS) is 10.8. The summed E-state index contributed by atoms with van der Waals surface area (Å²) in [5.41, 5.74) is 0. The average Bonchev–Trinajstić information content (AvgIpc) is 1.91. The van der Waals surface area contributed by atoms with Crippen LogP contribution in [0.2, 0.25) is 0 Å². The largest absolute Gasteiger partial charge is 0.177 e. The third kappa shape index (κ3) is 2.31. The van der Waals surface area contributed by atoms with Crippen molar-refractivity contribution in [2.75, 3.05) is 0 Å². The molecule has 0 saturated carbocycles. The Morgan fingerprint density at radius 3 is 2.44 bits per heavy atom. The Morgan fingerprint density at radius 2 is 1.89 bits per heavy atom. The fraction of sp³-hybridized carbons (Fsp3) is 0. The van der Waals surface area contributed by atoms with Crippen LogP contribution in [-0.2, 0) is 4.08 Å². The highest BCUT2D eigenvalue weighted by Crippen LogP contribution is 2.12. The van der Waals surface area contributed by atoms with Crippen molar-refractivity contribution in [1.82, 2.24) is 0 Å². The van der Waals surface area contributed by atoms with Gasteiger partial charge in [0.1, 0.15) is 17.2 Å². The van der Waals surface area contributed by atoms with Crippen molar-refractivity contribution in [2.24, 2.45) is 0 Å². The SMILES string of the molecule is ClO[PH2+]c1ccccc1. The summed E-state index contributed by atoms with van der Waals surface area (Å²) in [6, 6.07) is 9.91. The predicted octanol–water partition coefficient (Wildman–Crippen LogP) is 1.81. The third-order valence-electron chi connectivity index (χ3n) is 0.980. The first-order valence-corrected chi connectivity index (χ1v) is 3.95. The summed E-state index contributed by atoms with van der Waals surface area (Å²) in [6.45, 7) is 0. The molecule has 0 radical (unpaired) electrons. The van der Waals surface area contributed by atoms with E-state index in [4.69, 9.17) is 11.9 Å². The van der Waals surface area contributed by atoms with Gasteiger partial charge in [-0.1, -0.05) is 18.2 Å². The molecule has 1 atom stereocenters. The van der Waals surface area contributed by atoms with Gasteiger partial charge in [-0.3, -0.25) is 0 Å². The highest BCUT2D eigenvalue weighted by molar-refractivity contribution is 7.42. The molecule has 1 aromatic carbocycles. The Morgan fingerprint density at radius 1 is 1.22 bits per heavy atom. The van der Waals surface area contributed by atoms with Crippen molar-refractivity contribution >= 4 is 26.0 Å². The van der Waals surface area contributed by atoms with Gasteiger partial charge in [0.2, 0.25) is 0 Å². The van der Waals surface area contributed by atoms with Crippen molar-refractivity contribution in [1.29, 1.82) is 0 Å². The molecule has 0 aromatic heterocycles. The lowest BCUT2D eigenvalue weighted by Crippen LogP contribution is -1.88. The van der Waals surface area contributed by atoms with Crippen molar-refractivity contribution in [3.05, 3.63) is 30.3 Å². The van der Waals surface area contributed by atoms with Crippen LogP contribution >= 0.6 is 20.7 Å². The minimum atomic E-state index is -0.192. The van der Waals surface area contributed by atoms with Crippen LogP contribution in [0.15, 0.2) is 30.3 Å². The fourth-order valence-electron chi connectivity index (χ4n) is 0.583. The molecule has 0 fully saturated rings. The first-order chi connectivity index (χ1) is 4.43. The quantitative estimate of drug-likeness (QED) is 0.601. The van der Waals surface area contributed by atoms with Gasteiger partial charge in [0.05, 0.1) is 0 Å². The summed E-state index contributed by atoms with van der Waals surface area (Å²) in [4.78, 5) is 0. The zero-order valence-electron chi connectivity index (χ0n) is 4.75. The molecule has 0 N–H and O–H groups in total. The molecule has 0 saturated heterocycles. The molecule has 0 aliphatic carbocycles. The molecule has 3 heteroatoms. The summed E-state index contributed by atoms with van der Waals surface area (Å²) < 4.78 is 4.48. The standard InChI is InChI=1S/C6H6ClOP/c7-8-9-6-4-2-1-3-5-6/h1-5,9H/p+1. The molecular weight excluding hydrogens is 154 g/mol. The number of hydrogen-bond acceptors (Lipinski definition) is 1. The second kappa shape index (κ2) is 3.84. The maximum absolute atomic E-state index is 5.07. The molecule has 9 heavy (non-hydrogen) atoms. The van der Waals surface area contributed by atoms with Gasteiger partial charge in [-0.25, -0.2) is 0 Å². The Bertz CT molecular complexity index is 166. The fourth-order valence-corrected chi connectivity index (χ4v) is 1.37.